The van der Waals surface area contributed by atoms with Crippen molar-refractivity contribution in [3.8, 4) is 11.4 Å². The number of fused-ring (bicyclic) bond motifs is 12. The quantitative estimate of drug-likeness (QED) is 0.188. The van der Waals surface area contributed by atoms with Gasteiger partial charge in [0.1, 0.15) is 18.0 Å². The molecule has 0 aliphatic carbocycles. The lowest BCUT2D eigenvalue weighted by Gasteiger charge is -2.52. The highest BCUT2D eigenvalue weighted by Crippen LogP contribution is 2.58. The molecule has 7 heteroatoms. The number of anilines is 5. The van der Waals surface area contributed by atoms with Crippen LogP contribution in [0.4, 0.5) is 28.6 Å². The van der Waals surface area contributed by atoms with Crippen molar-refractivity contribution >= 4 is 40.0 Å². The third-order valence-electron chi connectivity index (χ3n) is 11.2. The second kappa shape index (κ2) is 11.4. The molecule has 10 rings (SSSR count). The van der Waals surface area contributed by atoms with Gasteiger partial charge in [0.2, 0.25) is 0 Å². The molecule has 4 aliphatic rings. The van der Waals surface area contributed by atoms with Gasteiger partial charge in [-0.05, 0) is 54.3 Å². The summed E-state index contributed by atoms with van der Waals surface area (Å²) in [5.41, 5.74) is 11.2. The number of benzene rings is 5. The Hall–Kier alpha value is -6.21. The number of para-hydroxylation sites is 3. The van der Waals surface area contributed by atoms with Gasteiger partial charge in [-0.25, -0.2) is 15.0 Å². The normalized spacial score (nSPS) is 21.5. The Morgan fingerprint density at radius 3 is 2.12 bits per heavy atom. The van der Waals surface area contributed by atoms with Gasteiger partial charge in [0.25, 0.3) is 0 Å². The molecule has 4 unspecified atom stereocenters. The molecule has 5 heterocycles. The van der Waals surface area contributed by atoms with Crippen molar-refractivity contribution in [2.24, 2.45) is 11.0 Å². The van der Waals surface area contributed by atoms with E-state index in [9.17, 15) is 0 Å². The summed E-state index contributed by atoms with van der Waals surface area (Å²) in [7, 11) is 2.21. The molecule has 5 aromatic carbocycles. The molecule has 1 aromatic heterocycles. The zero-order valence-electron chi connectivity index (χ0n) is 28.6. The molecule has 7 nitrogen and oxygen atoms in total. The second-order valence-electron chi connectivity index (χ2n) is 13.9. The van der Waals surface area contributed by atoms with Crippen molar-refractivity contribution in [3.63, 3.8) is 0 Å². The van der Waals surface area contributed by atoms with Crippen molar-refractivity contribution in [1.29, 1.82) is 0 Å². The number of allylic oxidation sites excluding steroid dienone is 1. The molecule has 6 aromatic rings. The van der Waals surface area contributed by atoms with Crippen LogP contribution in [0.15, 0.2) is 151 Å². The van der Waals surface area contributed by atoms with Crippen LogP contribution in [0.5, 0.6) is 0 Å². The molecular weight excluding hydrogens is 627 g/mol. The van der Waals surface area contributed by atoms with E-state index in [0.717, 1.165) is 74.5 Å². The molecule has 0 fully saturated rings. The fourth-order valence-electron chi connectivity index (χ4n) is 8.89. The third-order valence-corrected chi connectivity index (χ3v) is 11.2. The predicted molar refractivity (Wildman–Crippen MR) is 207 cm³/mol. The Bertz CT molecular complexity index is 2350. The van der Waals surface area contributed by atoms with Crippen molar-refractivity contribution in [1.82, 2.24) is 9.97 Å². The van der Waals surface area contributed by atoms with E-state index in [1.807, 2.05) is 6.20 Å². The van der Waals surface area contributed by atoms with Gasteiger partial charge in [-0.15, -0.1) is 0 Å². The van der Waals surface area contributed by atoms with Crippen LogP contribution in [0.2, 0.25) is 0 Å². The maximum atomic E-state index is 5.53. The molecule has 4 aliphatic heterocycles. The molecule has 51 heavy (non-hydrogen) atoms. The summed E-state index contributed by atoms with van der Waals surface area (Å²) in [4.78, 5) is 17.8. The summed E-state index contributed by atoms with van der Waals surface area (Å²) in [6, 6.07) is 47.3. The van der Waals surface area contributed by atoms with E-state index in [1.54, 1.807) is 0 Å². The van der Waals surface area contributed by atoms with E-state index in [4.69, 9.17) is 21.6 Å². The Morgan fingerprint density at radius 1 is 0.667 bits per heavy atom. The molecule has 248 valence electrons. The number of hydrazone groups is 1. The SMILES string of the molecule is C=C1CC2c3ccccc3N3N=C(c4ccccc4)N(c4ccccc4)C3C2C2N(C)c3cnc(-c4ccccc4C)nc3N2c2ccccc21. The number of nitrogens with zero attached hydrogens (tertiary/aromatic N) is 7. The van der Waals surface area contributed by atoms with Gasteiger partial charge in [-0.2, -0.15) is 5.10 Å². The minimum absolute atomic E-state index is 0.0243. The molecule has 0 N–H and O–H groups in total. The minimum Gasteiger partial charge on any atom is -0.349 e. The van der Waals surface area contributed by atoms with Gasteiger partial charge >= 0.3 is 0 Å². The van der Waals surface area contributed by atoms with Crippen molar-refractivity contribution in [3.05, 3.63) is 168 Å². The van der Waals surface area contributed by atoms with Crippen LogP contribution in [-0.4, -0.2) is 35.2 Å². The fourth-order valence-corrected chi connectivity index (χ4v) is 8.89. The van der Waals surface area contributed by atoms with E-state index in [2.05, 4.69) is 167 Å². The molecule has 0 bridgehead atoms. The summed E-state index contributed by atoms with van der Waals surface area (Å²) < 4.78 is 0. The first-order chi connectivity index (χ1) is 25.1. The standard InChI is InChI=1S/C44H37N7/c1-28-16-10-11-22-33(28)40-45-27-38-42(46-40)50-36-24-14-12-21-32(36)29(2)26-35-34-23-13-15-25-37(34)51-44(39(35)43(50)48(38)3)49(31-19-8-5-9-20-31)41(47-51)30-17-6-4-7-18-30/h4-25,27,35,39,43-44H,2,26H2,1,3H3. The molecule has 0 saturated heterocycles. The topological polar surface area (TPSA) is 51.1 Å². The van der Waals surface area contributed by atoms with Crippen LogP contribution in [0, 0.1) is 12.8 Å². The highest BCUT2D eigenvalue weighted by atomic mass is 15.6. The summed E-state index contributed by atoms with van der Waals surface area (Å²) in [5, 5.41) is 7.82. The smallest absolute Gasteiger partial charge is 0.162 e. The lowest BCUT2D eigenvalue weighted by atomic mass is 9.72. The molecule has 0 amide bonds. The third kappa shape index (κ3) is 4.40. The Morgan fingerprint density at radius 2 is 1.33 bits per heavy atom. The lowest BCUT2D eigenvalue weighted by Crippen LogP contribution is -2.61. The molecular formula is C44H37N7. The van der Waals surface area contributed by atoms with Crippen LogP contribution in [0.25, 0.3) is 17.0 Å². The number of amidine groups is 1. The fraction of sp³-hybridized carbons (Fsp3) is 0.159. The Balaban J connectivity index is 1.24. The second-order valence-corrected chi connectivity index (χ2v) is 13.9. The van der Waals surface area contributed by atoms with Gasteiger partial charge in [0.05, 0.1) is 17.6 Å². The van der Waals surface area contributed by atoms with E-state index in [0.29, 0.717) is 0 Å². The lowest BCUT2D eigenvalue weighted by molar-refractivity contribution is 0.280. The van der Waals surface area contributed by atoms with E-state index >= 15 is 0 Å². The number of hydrogen-bond acceptors (Lipinski definition) is 7. The van der Waals surface area contributed by atoms with Gasteiger partial charge in [-0.3, -0.25) is 0 Å². The van der Waals surface area contributed by atoms with Gasteiger partial charge in [0.15, 0.2) is 17.5 Å². The number of aryl methyl sites for hydroxylation is 1. The Kier molecular flexibility index (Phi) is 6.65. The first kappa shape index (κ1) is 29.7. The molecule has 0 radical (unpaired) electrons. The summed E-state index contributed by atoms with van der Waals surface area (Å²) >= 11 is 0. The Labute approximate surface area is 298 Å². The average Bonchev–Trinajstić information content (AvgIpc) is 3.71. The van der Waals surface area contributed by atoms with Gasteiger partial charge < -0.3 is 14.7 Å². The van der Waals surface area contributed by atoms with Crippen LogP contribution in [-0.2, 0) is 0 Å². The number of aromatic nitrogens is 2. The van der Waals surface area contributed by atoms with Crippen LogP contribution in [0.3, 0.4) is 0 Å². The molecule has 4 atom stereocenters. The van der Waals surface area contributed by atoms with E-state index in [-0.39, 0.29) is 24.2 Å². The van der Waals surface area contributed by atoms with Crippen molar-refractivity contribution in [2.75, 3.05) is 26.8 Å². The number of rotatable bonds is 3. The van der Waals surface area contributed by atoms with Gasteiger partial charge in [-0.1, -0.05) is 116 Å². The van der Waals surface area contributed by atoms with Crippen LogP contribution in [0.1, 0.15) is 34.6 Å². The average molecular weight is 664 g/mol. The number of hydrogen-bond donors (Lipinski definition) is 0. The monoisotopic (exact) mass is 663 g/mol. The zero-order valence-corrected chi connectivity index (χ0v) is 28.6. The first-order valence-corrected chi connectivity index (χ1v) is 17.7. The molecule has 0 saturated carbocycles. The molecule has 0 spiro atoms. The van der Waals surface area contributed by atoms with E-state index in [1.165, 1.54) is 5.56 Å². The van der Waals surface area contributed by atoms with Crippen LogP contribution < -0.4 is 19.7 Å². The van der Waals surface area contributed by atoms with Crippen molar-refractivity contribution < 1.29 is 0 Å². The largest absolute Gasteiger partial charge is 0.349 e. The summed E-state index contributed by atoms with van der Waals surface area (Å²) in [6.45, 7) is 6.91. The minimum atomic E-state index is -0.145. The first-order valence-electron chi connectivity index (χ1n) is 17.7. The highest BCUT2D eigenvalue weighted by molar-refractivity contribution is 6.13. The van der Waals surface area contributed by atoms with E-state index < -0.39 is 0 Å². The summed E-state index contributed by atoms with van der Waals surface area (Å²) in [5.74, 6) is 2.74. The maximum absolute atomic E-state index is 5.53. The van der Waals surface area contributed by atoms with Crippen LogP contribution >= 0.6 is 0 Å². The zero-order chi connectivity index (χ0) is 34.2. The summed E-state index contributed by atoms with van der Waals surface area (Å²) in [6.07, 6.45) is 2.58. The van der Waals surface area contributed by atoms with Gasteiger partial charge in [0, 0.05) is 41.3 Å². The highest BCUT2D eigenvalue weighted by Gasteiger charge is 2.57. The van der Waals surface area contributed by atoms with Crippen molar-refractivity contribution in [2.45, 2.75) is 31.6 Å². The maximum Gasteiger partial charge on any atom is 0.162 e. The predicted octanol–water partition coefficient (Wildman–Crippen LogP) is 9.21.